The quantitative estimate of drug-likeness (QED) is 0.588. The Bertz CT molecular complexity index is 988. The predicted octanol–water partition coefficient (Wildman–Crippen LogP) is 4.29. The lowest BCUT2D eigenvalue weighted by Crippen LogP contribution is -2.61. The van der Waals surface area contributed by atoms with Gasteiger partial charge in [-0.3, -0.25) is 4.90 Å². The van der Waals surface area contributed by atoms with E-state index < -0.39 is 12.2 Å². The van der Waals surface area contributed by atoms with E-state index >= 15 is 0 Å². The van der Waals surface area contributed by atoms with Crippen molar-refractivity contribution in [2.24, 2.45) is 5.92 Å². The Morgan fingerprint density at radius 1 is 1.03 bits per heavy atom. The van der Waals surface area contributed by atoms with E-state index in [1.54, 1.807) is 0 Å². The van der Waals surface area contributed by atoms with Crippen LogP contribution in [0.5, 0.6) is 5.88 Å². The summed E-state index contributed by atoms with van der Waals surface area (Å²) in [4.78, 5) is 19.2. The van der Waals surface area contributed by atoms with Gasteiger partial charge in [-0.25, -0.2) is 4.79 Å². The molecule has 1 N–H and O–H groups in total. The van der Waals surface area contributed by atoms with Crippen LogP contribution in [0.25, 0.3) is 0 Å². The van der Waals surface area contributed by atoms with Gasteiger partial charge < -0.3 is 19.9 Å². The Morgan fingerprint density at radius 2 is 1.70 bits per heavy atom. The zero-order chi connectivity index (χ0) is 26.4. The molecule has 2 atom stereocenters. The molecule has 2 unspecified atom stereocenters. The van der Waals surface area contributed by atoms with Crippen LogP contribution in [0, 0.1) is 5.92 Å². The smallest absolute Gasteiger partial charge is 0.386 e. The number of carbonyl (C=O) groups excluding carboxylic acids is 1. The van der Waals surface area contributed by atoms with Gasteiger partial charge in [0.25, 0.3) is 0 Å². The van der Waals surface area contributed by atoms with Crippen LogP contribution in [0.3, 0.4) is 0 Å². The first-order valence-electron chi connectivity index (χ1n) is 12.8. The summed E-state index contributed by atoms with van der Waals surface area (Å²) in [5.74, 6) is 0.464. The van der Waals surface area contributed by atoms with Crippen LogP contribution in [0.2, 0.25) is 0 Å². The highest BCUT2D eigenvalue weighted by Gasteiger charge is 2.34. The third-order valence-corrected chi connectivity index (χ3v) is 7.11. The second kappa shape index (κ2) is 12.0. The van der Waals surface area contributed by atoms with Crippen LogP contribution in [-0.2, 0) is 6.54 Å². The molecule has 0 bridgehead atoms. The minimum atomic E-state index is -4.81. The average Bonchev–Trinajstić information content (AvgIpc) is 2.85. The molecule has 2 aromatic rings. The van der Waals surface area contributed by atoms with Gasteiger partial charge in [0, 0.05) is 44.3 Å². The number of nitrogens with zero attached hydrogens (tertiary/aromatic N) is 5. The summed E-state index contributed by atoms with van der Waals surface area (Å²) in [6, 6.07) is 12.9. The number of hydrogen-bond acceptors (Lipinski definition) is 6. The number of likely N-dealkylation sites (tertiary alicyclic amines) is 1. The number of piperazine rings is 1. The molecule has 0 radical (unpaired) electrons. The van der Waals surface area contributed by atoms with Crippen molar-refractivity contribution in [3.05, 3.63) is 48.0 Å². The number of alkyl halides is 3. The Balaban J connectivity index is 1.19. The van der Waals surface area contributed by atoms with E-state index in [1.807, 2.05) is 29.7 Å². The average molecular weight is 521 g/mol. The first kappa shape index (κ1) is 27.0. The SMILES string of the molecule is CC1CN(c2ccc(OC(F)(F)F)nn2)CC(C)N1C(=O)NCCC1CCN(Cc2ccccc2)CC1. The van der Waals surface area contributed by atoms with Crippen molar-refractivity contribution in [2.75, 3.05) is 37.6 Å². The fourth-order valence-corrected chi connectivity index (χ4v) is 5.31. The maximum Gasteiger partial charge on any atom is 0.574 e. The van der Waals surface area contributed by atoms with Crippen molar-refractivity contribution in [2.45, 2.75) is 58.1 Å². The van der Waals surface area contributed by atoms with Gasteiger partial charge in [0.15, 0.2) is 5.82 Å². The highest BCUT2D eigenvalue weighted by atomic mass is 19.4. The molecule has 0 spiro atoms. The summed E-state index contributed by atoms with van der Waals surface area (Å²) in [5.41, 5.74) is 1.34. The van der Waals surface area contributed by atoms with E-state index in [9.17, 15) is 18.0 Å². The molecule has 2 aliphatic heterocycles. The molecule has 37 heavy (non-hydrogen) atoms. The van der Waals surface area contributed by atoms with Crippen LogP contribution in [0.4, 0.5) is 23.8 Å². The molecular formula is C26H35F3N6O2. The van der Waals surface area contributed by atoms with Gasteiger partial charge >= 0.3 is 12.4 Å². The van der Waals surface area contributed by atoms with Gasteiger partial charge in [0.05, 0.1) is 0 Å². The molecular weight excluding hydrogens is 485 g/mol. The molecule has 1 aromatic heterocycles. The zero-order valence-electron chi connectivity index (χ0n) is 21.3. The maximum atomic E-state index is 13.0. The largest absolute Gasteiger partial charge is 0.574 e. The number of anilines is 1. The van der Waals surface area contributed by atoms with Crippen molar-refractivity contribution in [3.63, 3.8) is 0 Å². The van der Waals surface area contributed by atoms with E-state index in [1.165, 1.54) is 11.6 Å². The van der Waals surface area contributed by atoms with E-state index in [-0.39, 0.29) is 18.1 Å². The lowest BCUT2D eigenvalue weighted by molar-refractivity contribution is -0.276. The number of ether oxygens (including phenoxy) is 1. The third-order valence-electron chi connectivity index (χ3n) is 7.11. The Labute approximate surface area is 215 Å². The van der Waals surface area contributed by atoms with E-state index in [4.69, 9.17) is 0 Å². The van der Waals surface area contributed by atoms with E-state index in [2.05, 4.69) is 49.4 Å². The maximum absolute atomic E-state index is 13.0. The van der Waals surface area contributed by atoms with Crippen molar-refractivity contribution in [1.82, 2.24) is 25.3 Å². The molecule has 2 amide bonds. The fraction of sp³-hybridized carbons (Fsp3) is 0.577. The molecule has 1 aromatic carbocycles. The molecule has 2 fully saturated rings. The molecule has 2 aliphatic rings. The summed E-state index contributed by atoms with van der Waals surface area (Å²) in [5, 5.41) is 10.5. The van der Waals surface area contributed by atoms with Gasteiger partial charge in [-0.1, -0.05) is 30.3 Å². The number of nitrogens with one attached hydrogen (secondary N) is 1. The van der Waals surface area contributed by atoms with Crippen LogP contribution < -0.4 is 15.0 Å². The second-order valence-corrected chi connectivity index (χ2v) is 10.0. The number of aromatic nitrogens is 2. The first-order valence-corrected chi connectivity index (χ1v) is 12.8. The predicted molar refractivity (Wildman–Crippen MR) is 134 cm³/mol. The number of piperidine rings is 1. The lowest BCUT2D eigenvalue weighted by Gasteiger charge is -2.44. The summed E-state index contributed by atoms with van der Waals surface area (Å²) < 4.78 is 40.9. The van der Waals surface area contributed by atoms with Crippen LogP contribution in [0.15, 0.2) is 42.5 Å². The van der Waals surface area contributed by atoms with Crippen molar-refractivity contribution >= 4 is 11.8 Å². The Morgan fingerprint density at radius 3 is 2.30 bits per heavy atom. The van der Waals surface area contributed by atoms with Crippen LogP contribution in [0.1, 0.15) is 38.7 Å². The molecule has 0 saturated carbocycles. The van der Waals surface area contributed by atoms with E-state index in [0.717, 1.165) is 45.0 Å². The van der Waals surface area contributed by atoms with Crippen molar-refractivity contribution in [3.8, 4) is 5.88 Å². The number of rotatable bonds is 7. The summed E-state index contributed by atoms with van der Waals surface area (Å²) >= 11 is 0. The van der Waals surface area contributed by atoms with Crippen molar-refractivity contribution in [1.29, 1.82) is 0 Å². The minimum absolute atomic E-state index is 0.0822. The number of hydrogen-bond donors (Lipinski definition) is 1. The standard InChI is InChI=1S/C26H35F3N6O2/c1-19-16-34(23-8-9-24(32-31-23)37-26(27,28)29)17-20(2)35(19)25(36)30-13-10-21-11-14-33(15-12-21)18-22-6-4-3-5-7-22/h3-9,19-21H,10-18H2,1-2H3,(H,30,36). The van der Waals surface area contributed by atoms with Gasteiger partial charge in [-0.15, -0.1) is 23.4 Å². The molecule has 0 aliphatic carbocycles. The molecule has 3 heterocycles. The normalized spacial score (nSPS) is 21.6. The Hall–Kier alpha value is -3.08. The van der Waals surface area contributed by atoms with Crippen LogP contribution in [-0.4, -0.2) is 77.2 Å². The highest BCUT2D eigenvalue weighted by Crippen LogP contribution is 2.25. The van der Waals surface area contributed by atoms with Gasteiger partial charge in [-0.05, 0) is 63.7 Å². The number of amides is 2. The van der Waals surface area contributed by atoms with Gasteiger partial charge in [0.1, 0.15) is 0 Å². The third kappa shape index (κ3) is 7.70. The molecule has 4 rings (SSSR count). The van der Waals surface area contributed by atoms with Gasteiger partial charge in [0.2, 0.25) is 5.88 Å². The molecule has 2 saturated heterocycles. The number of urea groups is 1. The topological polar surface area (TPSA) is 73.8 Å². The minimum Gasteiger partial charge on any atom is -0.386 e. The second-order valence-electron chi connectivity index (χ2n) is 10.0. The number of halogens is 3. The first-order chi connectivity index (χ1) is 17.7. The summed E-state index contributed by atoms with van der Waals surface area (Å²) in [6.45, 7) is 8.72. The molecule has 202 valence electrons. The van der Waals surface area contributed by atoms with Gasteiger partial charge in [-0.2, -0.15) is 0 Å². The monoisotopic (exact) mass is 520 g/mol. The summed E-state index contributed by atoms with van der Waals surface area (Å²) in [6.07, 6.45) is -1.56. The van der Waals surface area contributed by atoms with Crippen LogP contribution >= 0.6 is 0 Å². The Kier molecular flexibility index (Phi) is 8.73. The number of carbonyl (C=O) groups is 1. The van der Waals surface area contributed by atoms with E-state index in [0.29, 0.717) is 31.4 Å². The molecule has 11 heteroatoms. The highest BCUT2D eigenvalue weighted by molar-refractivity contribution is 5.75. The summed E-state index contributed by atoms with van der Waals surface area (Å²) in [7, 11) is 0. The lowest BCUT2D eigenvalue weighted by atomic mass is 9.93. The molecule has 8 nitrogen and oxygen atoms in total. The number of benzene rings is 1. The van der Waals surface area contributed by atoms with Crippen molar-refractivity contribution < 1.29 is 22.7 Å². The zero-order valence-corrected chi connectivity index (χ0v) is 21.3. The fourth-order valence-electron chi connectivity index (χ4n) is 5.31.